The van der Waals surface area contributed by atoms with Crippen molar-refractivity contribution in [2.45, 2.75) is 38.6 Å². The lowest BCUT2D eigenvalue weighted by Gasteiger charge is -2.14. The molecule has 4 rings (SSSR count). The molecule has 3 aromatic rings. The average Bonchev–Trinajstić information content (AvgIpc) is 3.43. The first-order valence-electron chi connectivity index (χ1n) is 11.3. The third-order valence-electron chi connectivity index (χ3n) is 5.69. The van der Waals surface area contributed by atoms with E-state index in [1.54, 1.807) is 49.8 Å². The summed E-state index contributed by atoms with van der Waals surface area (Å²) < 4.78 is 13.3. The van der Waals surface area contributed by atoms with E-state index >= 15 is 0 Å². The normalized spacial score (nSPS) is 14.6. The number of halogens is 1. The van der Waals surface area contributed by atoms with Gasteiger partial charge >= 0.3 is 0 Å². The summed E-state index contributed by atoms with van der Waals surface area (Å²) in [6.07, 6.45) is 8.47. The minimum Gasteiger partial charge on any atom is -0.344 e. The summed E-state index contributed by atoms with van der Waals surface area (Å²) in [5.41, 5.74) is 3.71. The lowest BCUT2D eigenvalue weighted by molar-refractivity contribution is -0.124. The van der Waals surface area contributed by atoms with Crippen molar-refractivity contribution in [3.63, 3.8) is 0 Å². The summed E-state index contributed by atoms with van der Waals surface area (Å²) >= 11 is 2.93. The minimum atomic E-state index is -0.632. The van der Waals surface area contributed by atoms with E-state index in [9.17, 15) is 14.0 Å². The Kier molecular flexibility index (Phi) is 7.88. The van der Waals surface area contributed by atoms with E-state index in [-0.39, 0.29) is 17.3 Å². The van der Waals surface area contributed by atoms with Gasteiger partial charge in [-0.25, -0.2) is 19.8 Å². The molecule has 0 spiro atoms. The summed E-state index contributed by atoms with van der Waals surface area (Å²) in [5, 5.41) is 13.1. The number of thiazole rings is 2. The zero-order chi connectivity index (χ0) is 25.8. The van der Waals surface area contributed by atoms with Crippen LogP contribution < -0.4 is 10.8 Å². The number of allylic oxidation sites excluding steroid dienone is 1. The van der Waals surface area contributed by atoms with Crippen LogP contribution in [0, 0.1) is 5.82 Å². The molecule has 7 nitrogen and oxygen atoms in total. The van der Waals surface area contributed by atoms with Crippen molar-refractivity contribution in [3.05, 3.63) is 82.8 Å². The van der Waals surface area contributed by atoms with Gasteiger partial charge in [-0.15, -0.1) is 22.7 Å². The Hall–Kier alpha value is -3.47. The van der Waals surface area contributed by atoms with E-state index < -0.39 is 11.9 Å². The molecular weight excluding hydrogens is 499 g/mol. The molecule has 186 valence electrons. The van der Waals surface area contributed by atoms with Gasteiger partial charge in [0.05, 0.1) is 10.9 Å². The van der Waals surface area contributed by atoms with E-state index in [0.29, 0.717) is 27.2 Å². The summed E-state index contributed by atoms with van der Waals surface area (Å²) in [6, 6.07) is 5.83. The van der Waals surface area contributed by atoms with Crippen molar-refractivity contribution in [3.8, 4) is 20.5 Å². The van der Waals surface area contributed by atoms with Gasteiger partial charge in [-0.1, -0.05) is 30.9 Å². The fraction of sp³-hybridized carbons (Fsp3) is 0.231. The number of nitrogens with zero attached hydrogens (tertiary/aromatic N) is 2. The minimum absolute atomic E-state index is 0.265. The summed E-state index contributed by atoms with van der Waals surface area (Å²) in [4.78, 5) is 35.8. The number of hydroxylamine groups is 1. The van der Waals surface area contributed by atoms with Gasteiger partial charge in [-0.2, -0.15) is 0 Å². The standard InChI is InChI=1S/C26H25FN4O3S2/c1-4-16(23(32)31-34)6-5-14(2)15(3)29-24(33)21-22(18-7-8-18)36-26(30-21)25-28-13-20(35-25)17-9-11-19(27)12-10-17/h4-6,9-13,15,18,34H,2,7-8H2,1,3H3,(H,29,33)(H,31,32)/b6-5-,16-4+/t15-/m0/s1. The fourth-order valence-corrected chi connectivity index (χ4v) is 5.57. The van der Waals surface area contributed by atoms with Gasteiger partial charge < -0.3 is 5.32 Å². The Balaban J connectivity index is 1.50. The molecule has 1 atom stereocenters. The van der Waals surface area contributed by atoms with E-state index in [1.165, 1.54) is 40.9 Å². The van der Waals surface area contributed by atoms with E-state index in [1.807, 2.05) is 0 Å². The number of hydrogen-bond acceptors (Lipinski definition) is 7. The van der Waals surface area contributed by atoms with E-state index in [0.717, 1.165) is 28.2 Å². The molecule has 3 N–H and O–H groups in total. The molecule has 2 heterocycles. The van der Waals surface area contributed by atoms with Crippen LogP contribution in [0.2, 0.25) is 0 Å². The largest absolute Gasteiger partial charge is 0.344 e. The number of aromatic nitrogens is 2. The number of carbonyl (C=O) groups excluding carboxylic acids is 2. The lowest BCUT2D eigenvalue weighted by atomic mass is 10.1. The van der Waals surface area contributed by atoms with Crippen molar-refractivity contribution < 1.29 is 19.2 Å². The highest BCUT2D eigenvalue weighted by Gasteiger charge is 2.33. The molecule has 36 heavy (non-hydrogen) atoms. The summed E-state index contributed by atoms with van der Waals surface area (Å²) in [6.45, 7) is 7.45. The molecule has 0 unspecified atom stereocenters. The number of carbonyl (C=O) groups is 2. The van der Waals surface area contributed by atoms with Gasteiger partial charge in [0.15, 0.2) is 10.0 Å². The first-order valence-corrected chi connectivity index (χ1v) is 12.9. The number of hydrogen-bond donors (Lipinski definition) is 3. The average molecular weight is 525 g/mol. The fourth-order valence-electron chi connectivity index (χ4n) is 3.40. The predicted molar refractivity (Wildman–Crippen MR) is 139 cm³/mol. The Morgan fingerprint density at radius 2 is 1.92 bits per heavy atom. The molecule has 1 saturated carbocycles. The topological polar surface area (TPSA) is 104 Å². The molecule has 0 aliphatic heterocycles. The maximum absolute atomic E-state index is 13.3. The van der Waals surface area contributed by atoms with Crippen molar-refractivity contribution in [1.82, 2.24) is 20.8 Å². The third kappa shape index (κ3) is 5.84. The molecule has 2 amide bonds. The summed E-state index contributed by atoms with van der Waals surface area (Å²) in [7, 11) is 0. The number of nitrogens with one attached hydrogen (secondary N) is 2. The van der Waals surface area contributed by atoms with Crippen molar-refractivity contribution in [2.24, 2.45) is 0 Å². The van der Waals surface area contributed by atoms with Crippen molar-refractivity contribution >= 4 is 34.5 Å². The first-order chi connectivity index (χ1) is 17.3. The van der Waals surface area contributed by atoms with Crippen molar-refractivity contribution in [2.75, 3.05) is 0 Å². The van der Waals surface area contributed by atoms with E-state index in [2.05, 4.69) is 21.9 Å². The van der Waals surface area contributed by atoms with Crippen LogP contribution in [0.5, 0.6) is 0 Å². The third-order valence-corrected chi connectivity index (χ3v) is 8.10. The maximum atomic E-state index is 13.3. The highest BCUT2D eigenvalue weighted by Crippen LogP contribution is 2.47. The van der Waals surface area contributed by atoms with Gasteiger partial charge in [-0.3, -0.25) is 14.8 Å². The van der Waals surface area contributed by atoms with Crippen LogP contribution in [0.3, 0.4) is 0 Å². The van der Waals surface area contributed by atoms with Crippen LogP contribution in [0.4, 0.5) is 4.39 Å². The molecule has 1 aliphatic rings. The first kappa shape index (κ1) is 25.6. The Morgan fingerprint density at radius 1 is 1.19 bits per heavy atom. The zero-order valence-electron chi connectivity index (χ0n) is 19.7. The second-order valence-electron chi connectivity index (χ2n) is 8.33. The second kappa shape index (κ2) is 11.1. The smallest absolute Gasteiger partial charge is 0.274 e. The Labute approximate surface area is 216 Å². The van der Waals surface area contributed by atoms with Gasteiger partial charge in [-0.05, 0) is 62.0 Å². The molecule has 1 aliphatic carbocycles. The highest BCUT2D eigenvalue weighted by molar-refractivity contribution is 7.23. The highest BCUT2D eigenvalue weighted by atomic mass is 32.1. The van der Waals surface area contributed by atoms with Crippen LogP contribution in [-0.2, 0) is 4.79 Å². The maximum Gasteiger partial charge on any atom is 0.274 e. The molecule has 2 aromatic heterocycles. The molecule has 0 bridgehead atoms. The monoisotopic (exact) mass is 524 g/mol. The predicted octanol–water partition coefficient (Wildman–Crippen LogP) is 5.63. The molecule has 1 fully saturated rings. The van der Waals surface area contributed by atoms with Crippen LogP contribution in [0.15, 0.2) is 66.4 Å². The van der Waals surface area contributed by atoms with Gasteiger partial charge in [0.1, 0.15) is 11.5 Å². The second-order valence-corrected chi connectivity index (χ2v) is 10.4. The lowest BCUT2D eigenvalue weighted by Crippen LogP contribution is -2.34. The van der Waals surface area contributed by atoms with Crippen LogP contribution >= 0.6 is 22.7 Å². The number of amides is 2. The zero-order valence-corrected chi connectivity index (χ0v) is 21.4. The van der Waals surface area contributed by atoms with Crippen LogP contribution in [0.1, 0.15) is 48.0 Å². The van der Waals surface area contributed by atoms with Crippen molar-refractivity contribution in [1.29, 1.82) is 0 Å². The van der Waals surface area contributed by atoms with Gasteiger partial charge in [0.2, 0.25) is 0 Å². The number of rotatable bonds is 9. The molecule has 0 saturated heterocycles. The van der Waals surface area contributed by atoms with Crippen LogP contribution in [0.25, 0.3) is 20.5 Å². The SMILES string of the molecule is C=C(/C=C\C(=C/C)C(=O)NO)[C@H](C)NC(=O)c1nc(-c2ncc(-c3ccc(F)cc3)s2)sc1C1CC1. The quantitative estimate of drug-likeness (QED) is 0.146. The van der Waals surface area contributed by atoms with Gasteiger partial charge in [0.25, 0.3) is 11.8 Å². The molecule has 0 radical (unpaired) electrons. The summed E-state index contributed by atoms with van der Waals surface area (Å²) in [5.74, 6) is -0.900. The van der Waals surface area contributed by atoms with Gasteiger partial charge in [0, 0.05) is 16.6 Å². The molecule has 10 heteroatoms. The Bertz CT molecular complexity index is 1350. The number of benzene rings is 1. The molecular formula is C26H25FN4O3S2. The Morgan fingerprint density at radius 3 is 2.56 bits per heavy atom. The van der Waals surface area contributed by atoms with Crippen LogP contribution in [-0.4, -0.2) is 33.0 Å². The molecule has 1 aromatic carbocycles. The van der Waals surface area contributed by atoms with E-state index in [4.69, 9.17) is 5.21 Å².